The van der Waals surface area contributed by atoms with E-state index >= 15 is 0 Å². The predicted molar refractivity (Wildman–Crippen MR) is 79.8 cm³/mol. The minimum Gasteiger partial charge on any atom is -0.142 e. The second-order valence-corrected chi connectivity index (χ2v) is 5.48. The largest absolute Gasteiger partial charge is 0.142 e. The van der Waals surface area contributed by atoms with Crippen molar-refractivity contribution in [3.63, 3.8) is 0 Å². The van der Waals surface area contributed by atoms with Crippen molar-refractivity contribution in [3.05, 3.63) is 66.2 Å². The van der Waals surface area contributed by atoms with E-state index in [1.165, 1.54) is 5.56 Å². The van der Waals surface area contributed by atoms with Gasteiger partial charge in [-0.1, -0.05) is 60.3 Å². The Hall–Kier alpha value is -1.12. The van der Waals surface area contributed by atoms with E-state index in [-0.39, 0.29) is 0 Å². The first-order valence-electron chi connectivity index (χ1n) is 5.38. The van der Waals surface area contributed by atoms with Gasteiger partial charge in [-0.3, -0.25) is 0 Å². The molecule has 86 valence electrons. The van der Waals surface area contributed by atoms with Crippen molar-refractivity contribution in [2.45, 2.75) is 16.7 Å². The van der Waals surface area contributed by atoms with Crippen LogP contribution in [0.2, 0.25) is 0 Å². The van der Waals surface area contributed by atoms with Gasteiger partial charge >= 0.3 is 0 Å². The Morgan fingerprint density at radius 2 is 1.71 bits per heavy atom. The molecule has 2 aromatic carbocycles. The fourth-order valence-electron chi connectivity index (χ4n) is 1.47. The van der Waals surface area contributed by atoms with E-state index in [9.17, 15) is 0 Å². The Labute approximate surface area is 112 Å². The average Bonchev–Trinajstić information content (AvgIpc) is 2.33. The van der Waals surface area contributed by atoms with Crippen molar-refractivity contribution in [2.75, 3.05) is 0 Å². The smallest absolute Gasteiger partial charge is 0.0255 e. The summed E-state index contributed by atoms with van der Waals surface area (Å²) in [6.45, 7) is 6.21. The van der Waals surface area contributed by atoms with Crippen LogP contribution in [0.25, 0.3) is 4.91 Å². The van der Waals surface area contributed by atoms with Crippen LogP contribution in [0.15, 0.2) is 64.9 Å². The molecule has 0 fully saturated rings. The highest BCUT2D eigenvalue weighted by atomic mass is 32.2. The van der Waals surface area contributed by atoms with E-state index in [0.29, 0.717) is 0 Å². The molecule has 0 N–H and O–H groups in total. The third kappa shape index (κ3) is 3.18. The molecule has 0 heterocycles. The monoisotopic (exact) mass is 258 g/mol. The van der Waals surface area contributed by atoms with Crippen molar-refractivity contribution in [1.29, 1.82) is 0 Å². The summed E-state index contributed by atoms with van der Waals surface area (Å²) < 4.78 is 0. The minimum absolute atomic E-state index is 0.991. The molecular formula is C15H14S2. The number of benzene rings is 2. The molecule has 0 amide bonds. The van der Waals surface area contributed by atoms with Crippen molar-refractivity contribution >= 4 is 29.3 Å². The molecule has 0 bridgehead atoms. The lowest BCUT2D eigenvalue weighted by Gasteiger charge is -2.07. The molecule has 0 aliphatic heterocycles. The Kier molecular flexibility index (Phi) is 3.97. The maximum atomic E-state index is 4.44. The molecule has 2 aromatic rings. The van der Waals surface area contributed by atoms with Crippen molar-refractivity contribution < 1.29 is 0 Å². The van der Waals surface area contributed by atoms with Gasteiger partial charge in [0.1, 0.15) is 0 Å². The molecule has 0 nitrogen and oxygen atoms in total. The number of thiol groups is 1. The quantitative estimate of drug-likeness (QED) is 0.594. The highest BCUT2D eigenvalue weighted by Crippen LogP contribution is 2.35. The van der Waals surface area contributed by atoms with E-state index in [0.717, 1.165) is 20.3 Å². The summed E-state index contributed by atoms with van der Waals surface area (Å²) in [5, 5.41) is 0. The highest BCUT2D eigenvalue weighted by molar-refractivity contribution is 8.08. The third-order valence-corrected chi connectivity index (χ3v) is 4.07. The first kappa shape index (κ1) is 12.3. The molecule has 0 unspecified atom stereocenters. The van der Waals surface area contributed by atoms with Crippen molar-refractivity contribution in [1.82, 2.24) is 0 Å². The standard InChI is InChI=1S/C15H14S2/c1-11-7-9-13(10-8-11)12(2)17-15-6-4-3-5-14(15)16/h3-10,16H,2H2,1H3. The van der Waals surface area contributed by atoms with Crippen molar-refractivity contribution in [3.8, 4) is 0 Å². The van der Waals surface area contributed by atoms with E-state index in [4.69, 9.17) is 0 Å². The zero-order valence-corrected chi connectivity index (χ0v) is 11.4. The van der Waals surface area contributed by atoms with Gasteiger partial charge in [-0.15, -0.1) is 12.6 Å². The average molecular weight is 258 g/mol. The Bertz CT molecular complexity index is 527. The molecule has 2 rings (SSSR count). The summed E-state index contributed by atoms with van der Waals surface area (Å²) in [5.41, 5.74) is 2.43. The van der Waals surface area contributed by atoms with Crippen LogP contribution < -0.4 is 0 Å². The van der Waals surface area contributed by atoms with Crippen LogP contribution in [-0.4, -0.2) is 0 Å². The summed E-state index contributed by atoms with van der Waals surface area (Å²) in [6.07, 6.45) is 0. The van der Waals surface area contributed by atoms with Gasteiger partial charge in [-0.25, -0.2) is 0 Å². The zero-order chi connectivity index (χ0) is 12.3. The van der Waals surface area contributed by atoms with Gasteiger partial charge in [-0.05, 0) is 24.6 Å². The molecule has 2 heteroatoms. The van der Waals surface area contributed by atoms with Crippen LogP contribution in [0, 0.1) is 6.92 Å². The van der Waals surface area contributed by atoms with Gasteiger partial charge in [0.15, 0.2) is 0 Å². The second kappa shape index (κ2) is 5.48. The van der Waals surface area contributed by atoms with Crippen LogP contribution in [-0.2, 0) is 0 Å². The Morgan fingerprint density at radius 3 is 2.35 bits per heavy atom. The summed E-state index contributed by atoms with van der Waals surface area (Å²) in [7, 11) is 0. The molecule has 0 aliphatic rings. The molecule has 0 aliphatic carbocycles. The number of hydrogen-bond acceptors (Lipinski definition) is 2. The zero-order valence-electron chi connectivity index (χ0n) is 9.68. The number of aryl methyl sites for hydroxylation is 1. The topological polar surface area (TPSA) is 0 Å². The fourth-order valence-corrected chi connectivity index (χ4v) is 2.61. The molecule has 0 saturated heterocycles. The maximum Gasteiger partial charge on any atom is 0.0255 e. The van der Waals surface area contributed by atoms with E-state index in [1.807, 2.05) is 18.2 Å². The molecule has 0 aromatic heterocycles. The van der Waals surface area contributed by atoms with Crippen LogP contribution in [0.5, 0.6) is 0 Å². The van der Waals surface area contributed by atoms with Crippen LogP contribution >= 0.6 is 24.4 Å². The van der Waals surface area contributed by atoms with Gasteiger partial charge < -0.3 is 0 Å². The normalized spacial score (nSPS) is 10.2. The number of hydrogen-bond donors (Lipinski definition) is 1. The highest BCUT2D eigenvalue weighted by Gasteiger charge is 2.03. The first-order valence-corrected chi connectivity index (χ1v) is 6.65. The van der Waals surface area contributed by atoms with Crippen LogP contribution in [0.4, 0.5) is 0 Å². The van der Waals surface area contributed by atoms with Gasteiger partial charge in [0.05, 0.1) is 0 Å². The minimum atomic E-state index is 0.991. The summed E-state index contributed by atoms with van der Waals surface area (Å²) in [6, 6.07) is 16.5. The molecule has 0 radical (unpaired) electrons. The van der Waals surface area contributed by atoms with Gasteiger partial charge in [0.2, 0.25) is 0 Å². The fraction of sp³-hybridized carbons (Fsp3) is 0.0667. The lowest BCUT2D eigenvalue weighted by molar-refractivity contribution is 1.27. The van der Waals surface area contributed by atoms with Gasteiger partial charge in [0.25, 0.3) is 0 Å². The van der Waals surface area contributed by atoms with E-state index < -0.39 is 0 Å². The Balaban J connectivity index is 2.17. The SMILES string of the molecule is C=C(Sc1ccccc1S)c1ccc(C)cc1. The lowest BCUT2D eigenvalue weighted by Crippen LogP contribution is -1.80. The maximum absolute atomic E-state index is 4.44. The third-order valence-electron chi connectivity index (χ3n) is 2.47. The lowest BCUT2D eigenvalue weighted by atomic mass is 10.1. The molecule has 0 saturated carbocycles. The second-order valence-electron chi connectivity index (χ2n) is 3.86. The van der Waals surface area contributed by atoms with Gasteiger partial charge in [0, 0.05) is 14.7 Å². The first-order chi connectivity index (χ1) is 8.16. The van der Waals surface area contributed by atoms with Gasteiger partial charge in [-0.2, -0.15) is 0 Å². The predicted octanol–water partition coefficient (Wildman–Crippen LogP) is 5.05. The molecular weight excluding hydrogens is 244 g/mol. The van der Waals surface area contributed by atoms with E-state index in [2.05, 4.69) is 56.5 Å². The Morgan fingerprint density at radius 1 is 1.06 bits per heavy atom. The van der Waals surface area contributed by atoms with Crippen LogP contribution in [0.3, 0.4) is 0 Å². The summed E-state index contributed by atoms with van der Waals surface area (Å²) in [5.74, 6) is 0. The number of rotatable bonds is 3. The molecule has 0 spiro atoms. The van der Waals surface area contributed by atoms with E-state index in [1.54, 1.807) is 11.8 Å². The summed E-state index contributed by atoms with van der Waals surface area (Å²) in [4.78, 5) is 3.18. The molecule has 17 heavy (non-hydrogen) atoms. The summed E-state index contributed by atoms with van der Waals surface area (Å²) >= 11 is 6.10. The van der Waals surface area contributed by atoms with Crippen LogP contribution in [0.1, 0.15) is 11.1 Å². The number of thioether (sulfide) groups is 1. The molecule has 0 atom stereocenters. The van der Waals surface area contributed by atoms with Crippen molar-refractivity contribution in [2.24, 2.45) is 0 Å².